The molecule has 0 bridgehead atoms. The molecule has 2 nitrogen and oxygen atoms in total. The Hall–Kier alpha value is -2.10. The first-order valence-corrected chi connectivity index (χ1v) is 5.94. The van der Waals surface area contributed by atoms with Crippen molar-refractivity contribution in [2.75, 3.05) is 12.4 Å². The quantitative estimate of drug-likeness (QED) is 0.871. The molecule has 2 aromatic rings. The second-order valence-corrected chi connectivity index (χ2v) is 4.13. The zero-order chi connectivity index (χ0) is 13.7. The van der Waals surface area contributed by atoms with Crippen molar-refractivity contribution in [2.45, 2.75) is 13.0 Å². The average molecular weight is 263 g/mol. The second-order valence-electron chi connectivity index (χ2n) is 4.13. The Morgan fingerprint density at radius 2 is 1.89 bits per heavy atom. The average Bonchev–Trinajstić information content (AvgIpc) is 2.45. The van der Waals surface area contributed by atoms with Crippen LogP contribution < -0.4 is 10.1 Å². The lowest BCUT2D eigenvalue weighted by molar-refractivity contribution is 0.151. The first-order valence-electron chi connectivity index (χ1n) is 5.94. The number of nitrogens with one attached hydrogen (secondary N) is 1. The van der Waals surface area contributed by atoms with Crippen molar-refractivity contribution in [2.24, 2.45) is 0 Å². The summed E-state index contributed by atoms with van der Waals surface area (Å²) in [5, 5.41) is 3.18. The fourth-order valence-corrected chi connectivity index (χ4v) is 1.78. The fraction of sp³-hybridized carbons (Fsp3) is 0.200. The molecular weight excluding hydrogens is 248 g/mol. The topological polar surface area (TPSA) is 21.3 Å². The van der Waals surface area contributed by atoms with Crippen LogP contribution >= 0.6 is 0 Å². The monoisotopic (exact) mass is 263 g/mol. The molecular formula is C15H15F2NO. The van der Waals surface area contributed by atoms with Gasteiger partial charge in [-0.2, -0.15) is 0 Å². The summed E-state index contributed by atoms with van der Waals surface area (Å²) in [4.78, 5) is 0. The molecule has 0 saturated carbocycles. The Kier molecular flexibility index (Phi) is 4.34. The number of rotatable bonds is 5. The van der Waals surface area contributed by atoms with Crippen LogP contribution in [0.25, 0.3) is 0 Å². The summed E-state index contributed by atoms with van der Waals surface area (Å²) in [6, 6.07) is 13.9. The van der Waals surface area contributed by atoms with Crippen LogP contribution in [-0.4, -0.2) is 7.11 Å². The summed E-state index contributed by atoms with van der Waals surface area (Å²) in [5.74, 6) is 0.756. The Bertz CT molecular complexity index is 543. The number of alkyl halides is 2. The smallest absolute Gasteiger partial charge is 0.263 e. The third kappa shape index (κ3) is 3.68. The van der Waals surface area contributed by atoms with E-state index in [9.17, 15) is 8.78 Å². The van der Waals surface area contributed by atoms with Crippen molar-refractivity contribution in [3.63, 3.8) is 0 Å². The van der Waals surface area contributed by atoms with E-state index < -0.39 is 6.43 Å². The van der Waals surface area contributed by atoms with Crippen LogP contribution in [0.5, 0.6) is 5.75 Å². The summed E-state index contributed by atoms with van der Waals surface area (Å²) in [6.45, 7) is 0.494. The van der Waals surface area contributed by atoms with Gasteiger partial charge >= 0.3 is 0 Å². The van der Waals surface area contributed by atoms with E-state index in [0.29, 0.717) is 6.54 Å². The normalized spacial score (nSPS) is 10.5. The molecule has 0 atom stereocenters. The van der Waals surface area contributed by atoms with Gasteiger partial charge in [0.25, 0.3) is 6.43 Å². The number of hydrogen-bond donors (Lipinski definition) is 1. The summed E-state index contributed by atoms with van der Waals surface area (Å²) in [7, 11) is 1.60. The number of hydrogen-bond acceptors (Lipinski definition) is 2. The van der Waals surface area contributed by atoms with Gasteiger partial charge in [-0.05, 0) is 23.8 Å². The van der Waals surface area contributed by atoms with Crippen molar-refractivity contribution >= 4 is 5.69 Å². The van der Waals surface area contributed by atoms with Gasteiger partial charge in [0.1, 0.15) is 5.75 Å². The molecule has 1 N–H and O–H groups in total. The number of ether oxygens (including phenoxy) is 1. The van der Waals surface area contributed by atoms with Crippen molar-refractivity contribution in [1.29, 1.82) is 0 Å². The van der Waals surface area contributed by atoms with E-state index >= 15 is 0 Å². The number of benzene rings is 2. The van der Waals surface area contributed by atoms with E-state index in [4.69, 9.17) is 4.74 Å². The third-order valence-electron chi connectivity index (χ3n) is 2.77. The standard InChI is InChI=1S/C15H15F2NO/c1-19-14-7-3-6-13(9-14)18-10-11-4-2-5-12(8-11)15(16)17/h2-9,15,18H,10H2,1H3. The molecule has 0 aliphatic carbocycles. The lowest BCUT2D eigenvalue weighted by Crippen LogP contribution is -2.00. The van der Waals surface area contributed by atoms with Gasteiger partial charge in [0.2, 0.25) is 0 Å². The van der Waals surface area contributed by atoms with Gasteiger partial charge < -0.3 is 10.1 Å². The van der Waals surface area contributed by atoms with Crippen molar-refractivity contribution in [3.05, 3.63) is 59.7 Å². The van der Waals surface area contributed by atoms with Gasteiger partial charge in [-0.1, -0.05) is 24.3 Å². The molecule has 0 amide bonds. The van der Waals surface area contributed by atoms with E-state index in [0.717, 1.165) is 17.0 Å². The molecule has 0 radical (unpaired) electrons. The predicted octanol–water partition coefficient (Wildman–Crippen LogP) is 4.24. The first kappa shape index (κ1) is 13.3. The molecule has 19 heavy (non-hydrogen) atoms. The highest BCUT2D eigenvalue weighted by atomic mass is 19.3. The van der Waals surface area contributed by atoms with Crippen LogP contribution in [0.4, 0.5) is 14.5 Å². The minimum atomic E-state index is -2.43. The Balaban J connectivity index is 2.03. The fourth-order valence-electron chi connectivity index (χ4n) is 1.78. The van der Waals surface area contributed by atoms with Crippen molar-refractivity contribution in [1.82, 2.24) is 0 Å². The minimum absolute atomic E-state index is 0.0462. The Labute approximate surface area is 111 Å². The molecule has 0 spiro atoms. The zero-order valence-electron chi connectivity index (χ0n) is 10.6. The highest BCUT2D eigenvalue weighted by Gasteiger charge is 2.06. The lowest BCUT2D eigenvalue weighted by atomic mass is 10.1. The molecule has 0 aliphatic rings. The zero-order valence-corrected chi connectivity index (χ0v) is 10.6. The Morgan fingerprint density at radius 1 is 1.11 bits per heavy atom. The molecule has 0 unspecified atom stereocenters. The van der Waals surface area contributed by atoms with Crippen LogP contribution in [0.3, 0.4) is 0 Å². The SMILES string of the molecule is COc1cccc(NCc2cccc(C(F)F)c2)c1. The first-order chi connectivity index (χ1) is 9.19. The molecule has 2 rings (SSSR count). The van der Waals surface area contributed by atoms with Gasteiger partial charge in [-0.3, -0.25) is 0 Å². The molecule has 0 aromatic heterocycles. The Morgan fingerprint density at radius 3 is 2.63 bits per heavy atom. The van der Waals surface area contributed by atoms with Crippen molar-refractivity contribution < 1.29 is 13.5 Å². The summed E-state index contributed by atoms with van der Waals surface area (Å²) < 4.78 is 30.3. The van der Waals surface area contributed by atoms with E-state index in [1.807, 2.05) is 30.3 Å². The molecule has 0 fully saturated rings. The third-order valence-corrected chi connectivity index (χ3v) is 2.77. The maximum Gasteiger partial charge on any atom is 0.263 e. The highest BCUT2D eigenvalue weighted by Crippen LogP contribution is 2.21. The maximum atomic E-state index is 12.6. The van der Waals surface area contributed by atoms with E-state index in [2.05, 4.69) is 5.32 Å². The molecule has 2 aromatic carbocycles. The minimum Gasteiger partial charge on any atom is -0.497 e. The van der Waals surface area contributed by atoms with Gasteiger partial charge in [0.05, 0.1) is 7.11 Å². The summed E-state index contributed by atoms with van der Waals surface area (Å²) in [5.41, 5.74) is 1.76. The van der Waals surface area contributed by atoms with Crippen molar-refractivity contribution in [3.8, 4) is 5.75 Å². The number of methoxy groups -OCH3 is 1. The van der Waals surface area contributed by atoms with Crippen LogP contribution in [0.1, 0.15) is 17.6 Å². The molecule has 0 saturated heterocycles. The van der Waals surface area contributed by atoms with E-state index in [-0.39, 0.29) is 5.56 Å². The van der Waals surface area contributed by atoms with Gasteiger partial charge in [-0.25, -0.2) is 8.78 Å². The molecule has 0 aliphatic heterocycles. The van der Waals surface area contributed by atoms with E-state index in [1.54, 1.807) is 13.2 Å². The van der Waals surface area contributed by atoms with Crippen LogP contribution in [0, 0.1) is 0 Å². The van der Waals surface area contributed by atoms with Gasteiger partial charge in [0, 0.05) is 23.9 Å². The maximum absolute atomic E-state index is 12.6. The molecule has 100 valence electrons. The summed E-state index contributed by atoms with van der Waals surface area (Å²) in [6.07, 6.45) is -2.43. The molecule has 4 heteroatoms. The van der Waals surface area contributed by atoms with E-state index in [1.165, 1.54) is 12.1 Å². The number of halogens is 2. The predicted molar refractivity (Wildman–Crippen MR) is 71.7 cm³/mol. The van der Waals surface area contributed by atoms with Crippen LogP contribution in [-0.2, 0) is 6.54 Å². The molecule has 0 heterocycles. The largest absolute Gasteiger partial charge is 0.497 e. The summed E-state index contributed by atoms with van der Waals surface area (Å²) >= 11 is 0. The lowest BCUT2D eigenvalue weighted by Gasteiger charge is -2.09. The second kappa shape index (κ2) is 6.18. The number of anilines is 1. The highest BCUT2D eigenvalue weighted by molar-refractivity contribution is 5.48. The van der Waals surface area contributed by atoms with Gasteiger partial charge in [0.15, 0.2) is 0 Å². The van der Waals surface area contributed by atoms with Crippen LogP contribution in [0.15, 0.2) is 48.5 Å². The van der Waals surface area contributed by atoms with Crippen LogP contribution in [0.2, 0.25) is 0 Å². The van der Waals surface area contributed by atoms with Gasteiger partial charge in [-0.15, -0.1) is 0 Å².